The molecule has 0 unspecified atom stereocenters. The Bertz CT molecular complexity index is 1790. The second kappa shape index (κ2) is 7.17. The third-order valence-corrected chi connectivity index (χ3v) is 8.80. The Kier molecular flexibility index (Phi) is 4.27. The summed E-state index contributed by atoms with van der Waals surface area (Å²) in [5.41, 5.74) is 8.33. The first-order valence-electron chi connectivity index (χ1n) is 12.1. The van der Waals surface area contributed by atoms with Crippen LogP contribution >= 0.6 is 15.9 Å². The highest BCUT2D eigenvalue weighted by Crippen LogP contribution is 2.53. The number of hydrogen-bond donors (Lipinski definition) is 0. The maximum Gasteiger partial charge on any atom is 0.0329 e. The molecule has 2 aliphatic rings. The van der Waals surface area contributed by atoms with E-state index in [4.69, 9.17) is 0 Å². The Hall–Kier alpha value is -3.16. The van der Waals surface area contributed by atoms with E-state index in [0.717, 1.165) is 12.8 Å². The molecule has 0 bridgehead atoms. The lowest BCUT2D eigenvalue weighted by Crippen LogP contribution is -2.30. The lowest BCUT2D eigenvalue weighted by Gasteiger charge is -2.24. The molecule has 0 nitrogen and oxygen atoms in total. The van der Waals surface area contributed by atoms with Gasteiger partial charge in [-0.3, -0.25) is 0 Å². The van der Waals surface area contributed by atoms with Gasteiger partial charge in [-0.25, -0.2) is 0 Å². The zero-order valence-corrected chi connectivity index (χ0v) is 21.0. The fourth-order valence-corrected chi connectivity index (χ4v) is 7.07. The van der Waals surface area contributed by atoms with Crippen LogP contribution in [0, 0.1) is 0 Å². The summed E-state index contributed by atoms with van der Waals surface area (Å²) in [6, 6.07) is 29.4. The van der Waals surface area contributed by atoms with E-state index < -0.39 is 0 Å². The molecule has 5 aromatic carbocycles. The third kappa shape index (κ3) is 2.59. The van der Waals surface area contributed by atoms with Crippen LogP contribution in [0.4, 0.5) is 0 Å². The zero-order chi connectivity index (χ0) is 23.0. The van der Waals surface area contributed by atoms with Crippen LogP contribution in [0.1, 0.15) is 37.8 Å². The summed E-state index contributed by atoms with van der Waals surface area (Å²) in [5.74, 6) is 0. The van der Waals surface area contributed by atoms with Crippen molar-refractivity contribution in [1.82, 2.24) is 0 Å². The molecule has 0 radical (unpaired) electrons. The summed E-state index contributed by atoms with van der Waals surface area (Å²) in [6.45, 7) is 4.76. The van der Waals surface area contributed by atoms with Gasteiger partial charge in [0.05, 0.1) is 0 Å². The summed E-state index contributed by atoms with van der Waals surface area (Å²) in [7, 11) is 0. The van der Waals surface area contributed by atoms with Crippen molar-refractivity contribution in [1.29, 1.82) is 0 Å². The van der Waals surface area contributed by atoms with Crippen molar-refractivity contribution in [2.24, 2.45) is 0 Å². The first-order chi connectivity index (χ1) is 16.6. The second-order valence-corrected chi connectivity index (χ2v) is 10.9. The van der Waals surface area contributed by atoms with Crippen molar-refractivity contribution in [2.75, 3.05) is 0 Å². The maximum absolute atomic E-state index is 3.96. The summed E-state index contributed by atoms with van der Waals surface area (Å²) < 4.78 is 1.22. The Balaban J connectivity index is 1.71. The van der Waals surface area contributed by atoms with Gasteiger partial charge in [0.15, 0.2) is 0 Å². The van der Waals surface area contributed by atoms with E-state index in [1.807, 2.05) is 0 Å². The minimum atomic E-state index is -0.0359. The van der Waals surface area contributed by atoms with E-state index in [2.05, 4.69) is 121 Å². The van der Waals surface area contributed by atoms with Crippen LogP contribution in [0.5, 0.6) is 0 Å². The molecule has 5 aromatic rings. The molecule has 34 heavy (non-hydrogen) atoms. The van der Waals surface area contributed by atoms with Crippen LogP contribution in [0.25, 0.3) is 56.0 Å². The van der Waals surface area contributed by atoms with Gasteiger partial charge in [-0.05, 0) is 100 Å². The average Bonchev–Trinajstić information content (AvgIpc) is 3.11. The fraction of sp³-hybridized carbons (Fsp3) is 0.152. The van der Waals surface area contributed by atoms with Gasteiger partial charge in [-0.15, -0.1) is 0 Å². The minimum Gasteiger partial charge on any atom is -0.0757 e. The molecule has 7 rings (SSSR count). The largest absolute Gasteiger partial charge is 0.0757 e. The standard InChI is InChI=1S/C33H25Br/c1-33(2)28-18-10-9-17-26(28)31-21-12-4-3-11-20(21)27(19-29(31)33)30-22-13-5-7-15-24(22)32(34)25-16-8-6-14-23(25)30/h3-5,7,9-19H,6,8H2,1-2H3. The number of halogens is 1. The molecule has 0 aromatic heterocycles. The molecule has 0 amide bonds. The number of rotatable bonds is 1. The molecule has 0 fully saturated rings. The Morgan fingerprint density at radius 2 is 1.18 bits per heavy atom. The van der Waals surface area contributed by atoms with Crippen molar-refractivity contribution >= 4 is 49.6 Å². The molecule has 164 valence electrons. The number of fused-ring (bicyclic) bond motifs is 7. The van der Waals surface area contributed by atoms with E-state index in [9.17, 15) is 0 Å². The summed E-state index contributed by atoms with van der Waals surface area (Å²) in [5, 5.41) is 8.01. The molecule has 0 aliphatic heterocycles. The van der Waals surface area contributed by atoms with Crippen LogP contribution in [0.15, 0.2) is 83.3 Å². The summed E-state index contributed by atoms with van der Waals surface area (Å²) in [6.07, 6.45) is 7.04. The smallest absolute Gasteiger partial charge is 0.0329 e. The van der Waals surface area contributed by atoms with E-state index in [-0.39, 0.29) is 5.41 Å². The van der Waals surface area contributed by atoms with Crippen molar-refractivity contribution in [3.05, 3.63) is 105 Å². The second-order valence-electron chi connectivity index (χ2n) is 10.1. The number of benzene rings is 5. The van der Waals surface area contributed by atoms with Gasteiger partial charge < -0.3 is 0 Å². The van der Waals surface area contributed by atoms with Crippen LogP contribution in [0.3, 0.4) is 0 Å². The van der Waals surface area contributed by atoms with Gasteiger partial charge in [0.25, 0.3) is 0 Å². The predicted octanol–water partition coefficient (Wildman–Crippen LogP) is 8.08. The molecule has 2 aliphatic carbocycles. The quantitative estimate of drug-likeness (QED) is 0.218. The van der Waals surface area contributed by atoms with Gasteiger partial charge in [0.2, 0.25) is 0 Å². The number of hydrogen-bond acceptors (Lipinski definition) is 0. The zero-order valence-electron chi connectivity index (χ0n) is 19.5. The van der Waals surface area contributed by atoms with E-state index >= 15 is 0 Å². The molecular weight excluding hydrogens is 476 g/mol. The van der Waals surface area contributed by atoms with Crippen molar-refractivity contribution in [2.45, 2.75) is 32.1 Å². The molecule has 1 heteroatoms. The van der Waals surface area contributed by atoms with E-state index in [0.29, 0.717) is 0 Å². The Morgan fingerprint density at radius 3 is 1.94 bits per heavy atom. The molecule has 0 atom stereocenters. The van der Waals surface area contributed by atoms with E-state index in [1.165, 1.54) is 69.8 Å². The first kappa shape index (κ1) is 20.2. The molecule has 0 saturated carbocycles. The first-order valence-corrected chi connectivity index (χ1v) is 12.9. The van der Waals surface area contributed by atoms with Crippen LogP contribution < -0.4 is 10.4 Å². The van der Waals surface area contributed by atoms with Gasteiger partial charge in [-0.1, -0.05) is 98.8 Å². The lowest BCUT2D eigenvalue weighted by atomic mass is 9.79. The van der Waals surface area contributed by atoms with Crippen molar-refractivity contribution in [3.8, 4) is 22.3 Å². The van der Waals surface area contributed by atoms with Gasteiger partial charge in [-0.2, -0.15) is 0 Å². The average molecular weight is 501 g/mol. The van der Waals surface area contributed by atoms with Crippen molar-refractivity contribution in [3.63, 3.8) is 0 Å². The summed E-state index contributed by atoms with van der Waals surface area (Å²) >= 11 is 3.96. The van der Waals surface area contributed by atoms with Gasteiger partial charge >= 0.3 is 0 Å². The Labute approximate surface area is 208 Å². The molecule has 0 spiro atoms. The Morgan fingerprint density at radius 1 is 0.588 bits per heavy atom. The monoisotopic (exact) mass is 500 g/mol. The molecular formula is C33H25Br. The van der Waals surface area contributed by atoms with Crippen molar-refractivity contribution < 1.29 is 0 Å². The topological polar surface area (TPSA) is 0 Å². The maximum atomic E-state index is 3.96. The van der Waals surface area contributed by atoms with Gasteiger partial charge in [0.1, 0.15) is 0 Å². The highest BCUT2D eigenvalue weighted by Gasteiger charge is 2.37. The van der Waals surface area contributed by atoms with Gasteiger partial charge in [0, 0.05) is 9.89 Å². The molecule has 0 saturated heterocycles. The fourth-order valence-electron chi connectivity index (χ4n) is 6.35. The molecule has 0 N–H and O–H groups in total. The molecule has 0 heterocycles. The van der Waals surface area contributed by atoms with Crippen LogP contribution in [-0.4, -0.2) is 0 Å². The highest BCUT2D eigenvalue weighted by molar-refractivity contribution is 9.10. The lowest BCUT2D eigenvalue weighted by molar-refractivity contribution is 0.661. The van der Waals surface area contributed by atoms with E-state index in [1.54, 1.807) is 0 Å². The third-order valence-electron chi connectivity index (χ3n) is 7.95. The van der Waals surface area contributed by atoms with Crippen LogP contribution in [-0.2, 0) is 5.41 Å². The predicted molar refractivity (Wildman–Crippen MR) is 150 cm³/mol. The minimum absolute atomic E-state index is 0.0359. The normalized spacial score (nSPS) is 15.4. The highest BCUT2D eigenvalue weighted by atomic mass is 79.9. The summed E-state index contributed by atoms with van der Waals surface area (Å²) in [4.78, 5) is 0. The SMILES string of the molecule is CC1(C)c2ccccc2-c2c1cc(-c1c3c(c(Br)c4ccccc14)=CCCC=3)c1ccccc21. The van der Waals surface area contributed by atoms with Crippen LogP contribution in [0.2, 0.25) is 0 Å².